The van der Waals surface area contributed by atoms with Crippen molar-refractivity contribution in [2.24, 2.45) is 22.7 Å². The number of pyridine rings is 1. The van der Waals surface area contributed by atoms with Crippen molar-refractivity contribution in [2.75, 3.05) is 0 Å². The molecule has 2 aromatic carbocycles. The number of aliphatic hydroxyl groups excluding tert-OH is 2. The van der Waals surface area contributed by atoms with E-state index in [4.69, 9.17) is 0 Å². The standard InChI is InChI=1S/C16H12N.C16H30O2.Ir/c1-12-7-8-14-10-16(17-11-15(14)9-12)13-5-3-2-4-6-13;1-15(2)9-5-7-11-8-6-10-16(3,4)14(18)12(11)13(15)17;/h2-5,7-11H,1H3;11-14,17-18H,5-10H2,1-4H3;/q-1;;. The van der Waals surface area contributed by atoms with Crippen LogP contribution in [-0.2, 0) is 20.1 Å². The Labute approximate surface area is 231 Å². The number of hydrogen-bond acceptors (Lipinski definition) is 3. The minimum Gasteiger partial charge on any atom is -0.392 e. The zero-order chi connectivity index (χ0) is 25.2. The first kappa shape index (κ1) is 29.0. The summed E-state index contributed by atoms with van der Waals surface area (Å²) < 4.78 is 0. The molecule has 36 heavy (non-hydrogen) atoms. The van der Waals surface area contributed by atoms with Crippen molar-refractivity contribution in [3.8, 4) is 11.3 Å². The van der Waals surface area contributed by atoms with E-state index >= 15 is 0 Å². The van der Waals surface area contributed by atoms with E-state index in [0.717, 1.165) is 24.1 Å². The fraction of sp³-hybridized carbons (Fsp3) is 0.531. The third kappa shape index (κ3) is 6.45. The van der Waals surface area contributed by atoms with Gasteiger partial charge in [-0.3, -0.25) is 0 Å². The fourth-order valence-electron chi connectivity index (χ4n) is 6.16. The molecule has 0 saturated heterocycles. The van der Waals surface area contributed by atoms with Gasteiger partial charge >= 0.3 is 0 Å². The fourth-order valence-corrected chi connectivity index (χ4v) is 6.16. The zero-order valence-electron chi connectivity index (χ0n) is 22.4. The van der Waals surface area contributed by atoms with E-state index in [1.807, 2.05) is 30.5 Å². The van der Waals surface area contributed by atoms with E-state index in [0.29, 0.717) is 5.92 Å². The Morgan fingerprint density at radius 3 is 2.08 bits per heavy atom. The molecule has 1 radical (unpaired) electrons. The first-order valence-corrected chi connectivity index (χ1v) is 13.3. The van der Waals surface area contributed by atoms with Crippen molar-refractivity contribution in [2.45, 2.75) is 85.4 Å². The number of nitrogens with zero attached hydrogens (tertiary/aromatic N) is 1. The average molecular weight is 665 g/mol. The van der Waals surface area contributed by atoms with E-state index in [1.54, 1.807) is 0 Å². The summed E-state index contributed by atoms with van der Waals surface area (Å²) in [6.07, 6.45) is 8.10. The minimum atomic E-state index is -0.364. The summed E-state index contributed by atoms with van der Waals surface area (Å²) in [6.45, 7) is 10.7. The smallest absolute Gasteiger partial charge is 0.0646 e. The molecule has 3 aromatic rings. The quantitative estimate of drug-likeness (QED) is 0.267. The molecule has 2 aliphatic carbocycles. The Balaban J connectivity index is 0.000000195. The third-order valence-electron chi connectivity index (χ3n) is 8.53. The van der Waals surface area contributed by atoms with Crippen molar-refractivity contribution in [1.82, 2.24) is 4.98 Å². The van der Waals surface area contributed by atoms with Gasteiger partial charge in [-0.25, -0.2) is 0 Å². The topological polar surface area (TPSA) is 53.4 Å². The Morgan fingerprint density at radius 2 is 1.50 bits per heavy atom. The molecule has 2 fully saturated rings. The van der Waals surface area contributed by atoms with Gasteiger partial charge in [0.05, 0.1) is 12.2 Å². The number of hydrogen-bond donors (Lipinski definition) is 2. The van der Waals surface area contributed by atoms with Crippen molar-refractivity contribution < 1.29 is 30.3 Å². The molecule has 5 rings (SSSR count). The van der Waals surface area contributed by atoms with Crippen molar-refractivity contribution >= 4 is 10.8 Å². The summed E-state index contributed by atoms with van der Waals surface area (Å²) in [6, 6.07) is 19.6. The van der Waals surface area contributed by atoms with Crippen LogP contribution in [0.5, 0.6) is 0 Å². The molecule has 3 nitrogen and oxygen atoms in total. The maximum absolute atomic E-state index is 10.8. The molecule has 0 amide bonds. The van der Waals surface area contributed by atoms with Crippen LogP contribution in [0.4, 0.5) is 0 Å². The summed E-state index contributed by atoms with van der Waals surface area (Å²) in [5.74, 6) is 0.582. The normalized spacial score (nSPS) is 26.9. The zero-order valence-corrected chi connectivity index (χ0v) is 24.8. The molecule has 4 heteroatoms. The van der Waals surface area contributed by atoms with Crippen molar-refractivity contribution in [1.29, 1.82) is 0 Å². The van der Waals surface area contributed by atoms with Crippen LogP contribution in [0.15, 0.2) is 54.7 Å². The monoisotopic (exact) mass is 665 g/mol. The number of benzene rings is 2. The van der Waals surface area contributed by atoms with Gasteiger partial charge in [-0.2, -0.15) is 0 Å². The first-order valence-electron chi connectivity index (χ1n) is 13.3. The number of rotatable bonds is 1. The van der Waals surface area contributed by atoms with Gasteiger partial charge in [0.2, 0.25) is 0 Å². The summed E-state index contributed by atoms with van der Waals surface area (Å²) >= 11 is 0. The molecule has 0 bridgehead atoms. The molecule has 2 aliphatic rings. The third-order valence-corrected chi connectivity index (χ3v) is 8.53. The maximum Gasteiger partial charge on any atom is 0.0646 e. The summed E-state index contributed by atoms with van der Waals surface area (Å²) in [5, 5.41) is 24.0. The van der Waals surface area contributed by atoms with Gasteiger partial charge in [0.1, 0.15) is 0 Å². The van der Waals surface area contributed by atoms with E-state index < -0.39 is 0 Å². The second-order valence-corrected chi connectivity index (χ2v) is 12.2. The van der Waals surface area contributed by atoms with Crippen molar-refractivity contribution in [3.63, 3.8) is 0 Å². The van der Waals surface area contributed by atoms with Gasteiger partial charge in [0, 0.05) is 32.2 Å². The second-order valence-electron chi connectivity index (χ2n) is 12.2. The molecule has 0 aliphatic heterocycles. The van der Waals surface area contributed by atoms with Gasteiger partial charge in [-0.15, -0.1) is 35.9 Å². The SMILES string of the molecule is CC1(C)CCCC2CCCC(C)(C)C(O)C2C1O.Cc1ccc2cc(-c3[c-]cccc3)ncc2c1.[Ir]. The molecule has 2 saturated carbocycles. The van der Waals surface area contributed by atoms with Gasteiger partial charge in [-0.1, -0.05) is 64.3 Å². The summed E-state index contributed by atoms with van der Waals surface area (Å²) in [7, 11) is 0. The van der Waals surface area contributed by atoms with Crippen LogP contribution >= 0.6 is 0 Å². The summed E-state index contributed by atoms with van der Waals surface area (Å²) in [5.41, 5.74) is 3.16. The average Bonchev–Trinajstić information content (AvgIpc) is 3.01. The van der Waals surface area contributed by atoms with Crippen LogP contribution in [0, 0.1) is 35.7 Å². The molecule has 197 valence electrons. The van der Waals surface area contributed by atoms with Gasteiger partial charge in [0.15, 0.2) is 0 Å². The van der Waals surface area contributed by atoms with Crippen LogP contribution in [0.1, 0.15) is 71.8 Å². The first-order chi connectivity index (χ1) is 16.6. The van der Waals surface area contributed by atoms with Gasteiger partial charge in [0.25, 0.3) is 0 Å². The summed E-state index contributed by atoms with van der Waals surface area (Å²) in [4.78, 5) is 4.49. The minimum absolute atomic E-state index is 0. The predicted octanol–water partition coefficient (Wildman–Crippen LogP) is 7.37. The number of fused-ring (bicyclic) bond motifs is 2. The predicted molar refractivity (Wildman–Crippen MR) is 145 cm³/mol. The molecular weight excluding hydrogens is 623 g/mol. The molecule has 1 heterocycles. The molecule has 2 N–H and O–H groups in total. The second kappa shape index (κ2) is 11.9. The number of aromatic nitrogens is 1. The van der Waals surface area contributed by atoms with Crippen LogP contribution < -0.4 is 0 Å². The molecule has 0 spiro atoms. The maximum atomic E-state index is 10.8. The van der Waals surface area contributed by atoms with Crippen LogP contribution in [0.25, 0.3) is 22.0 Å². The largest absolute Gasteiger partial charge is 0.392 e. The molecule has 2 unspecified atom stereocenters. The van der Waals surface area contributed by atoms with Gasteiger partial charge < -0.3 is 15.2 Å². The van der Waals surface area contributed by atoms with Crippen LogP contribution in [-0.4, -0.2) is 27.4 Å². The van der Waals surface area contributed by atoms with Crippen molar-refractivity contribution in [3.05, 3.63) is 66.4 Å². The van der Waals surface area contributed by atoms with E-state index in [1.165, 1.54) is 42.0 Å². The Kier molecular flexibility index (Phi) is 9.55. The van der Waals surface area contributed by atoms with E-state index in [9.17, 15) is 10.2 Å². The van der Waals surface area contributed by atoms with Crippen LogP contribution in [0.2, 0.25) is 0 Å². The Hall–Kier alpha value is -1.58. The molecular formula is C32H42IrNO2-. The molecule has 2 atom stereocenters. The van der Waals surface area contributed by atoms with E-state index in [-0.39, 0.29) is 49.1 Å². The van der Waals surface area contributed by atoms with Gasteiger partial charge in [-0.05, 0) is 71.9 Å². The number of aliphatic hydroxyl groups is 2. The number of aryl methyl sites for hydroxylation is 1. The Morgan fingerprint density at radius 1 is 0.861 bits per heavy atom. The van der Waals surface area contributed by atoms with E-state index in [2.05, 4.69) is 69.9 Å². The van der Waals surface area contributed by atoms with Crippen LogP contribution in [0.3, 0.4) is 0 Å². The Bertz CT molecular complexity index is 1100. The molecule has 1 aromatic heterocycles.